The zero-order chi connectivity index (χ0) is 17.0. The Hall–Kier alpha value is -1.74. The van der Waals surface area contributed by atoms with Crippen molar-refractivity contribution >= 4 is 17.6 Å². The first-order valence-electron chi connectivity index (χ1n) is 8.27. The van der Waals surface area contributed by atoms with Crippen molar-refractivity contribution in [2.24, 2.45) is 16.7 Å². The van der Waals surface area contributed by atoms with Crippen molar-refractivity contribution in [1.82, 2.24) is 0 Å². The number of hydrogen-bond donors (Lipinski definition) is 1. The van der Waals surface area contributed by atoms with E-state index in [1.54, 1.807) is 18.2 Å². The van der Waals surface area contributed by atoms with Crippen LogP contribution >= 0.6 is 0 Å². The van der Waals surface area contributed by atoms with Gasteiger partial charge in [0.15, 0.2) is 11.6 Å². The summed E-state index contributed by atoms with van der Waals surface area (Å²) in [5, 5.41) is 9.46. The molecule has 1 N–H and O–H groups in total. The van der Waals surface area contributed by atoms with Gasteiger partial charge in [0.05, 0.1) is 0 Å². The average molecular weight is 312 g/mol. The number of ketones is 2. The van der Waals surface area contributed by atoms with Crippen LogP contribution < -0.4 is 0 Å². The van der Waals surface area contributed by atoms with Crippen molar-refractivity contribution in [3.05, 3.63) is 41.0 Å². The van der Waals surface area contributed by atoms with E-state index >= 15 is 0 Å². The Morgan fingerprint density at radius 3 is 2.61 bits per heavy atom. The molecule has 0 spiro atoms. The fraction of sp³-hybridized carbons (Fsp3) is 0.500. The molecule has 1 aromatic carbocycles. The second-order valence-electron chi connectivity index (χ2n) is 7.74. The quantitative estimate of drug-likeness (QED) is 0.684. The summed E-state index contributed by atoms with van der Waals surface area (Å²) >= 11 is 0. The Labute approximate surface area is 137 Å². The summed E-state index contributed by atoms with van der Waals surface area (Å²) < 4.78 is 0. The molecule has 0 amide bonds. The Morgan fingerprint density at radius 1 is 1.35 bits per heavy atom. The molecule has 0 heterocycles. The number of Topliss-reactive ketones (excluding diaryl/α,β-unsaturated/α-hetero) is 2. The van der Waals surface area contributed by atoms with Crippen molar-refractivity contribution < 1.29 is 14.7 Å². The molecule has 1 aromatic rings. The first-order valence-corrected chi connectivity index (χ1v) is 8.27. The highest BCUT2D eigenvalue weighted by atomic mass is 16.3. The van der Waals surface area contributed by atoms with E-state index in [1.165, 1.54) is 6.92 Å². The maximum Gasteiger partial charge on any atom is 0.190 e. The van der Waals surface area contributed by atoms with Crippen LogP contribution in [0.4, 0.5) is 0 Å². The number of carbonyl (C=O) groups excluding carboxylic acids is 2. The standard InChI is InChI=1S/C20H24O3/c1-12(21)17(22)14-7-5-6-13(10-14)11-15-16-8-9-20(4,18(15)23)19(16,2)3/h5-7,10-12,16,21H,8-9H2,1-4H3. The fourth-order valence-electron chi connectivity index (χ4n) is 4.30. The van der Waals surface area contributed by atoms with Crippen LogP contribution in [0.5, 0.6) is 0 Å². The van der Waals surface area contributed by atoms with Crippen LogP contribution in [0.1, 0.15) is 56.5 Å². The zero-order valence-electron chi connectivity index (χ0n) is 14.2. The van der Waals surface area contributed by atoms with Crippen LogP contribution in [-0.4, -0.2) is 22.8 Å². The average Bonchev–Trinajstić information content (AvgIpc) is 2.81. The molecule has 3 heteroatoms. The van der Waals surface area contributed by atoms with Gasteiger partial charge < -0.3 is 5.11 Å². The Balaban J connectivity index is 1.99. The number of carbonyl (C=O) groups is 2. The lowest BCUT2D eigenvalue weighted by molar-refractivity contribution is -0.125. The normalized spacial score (nSPS) is 31.6. The number of benzene rings is 1. The van der Waals surface area contributed by atoms with E-state index in [0.717, 1.165) is 24.0 Å². The Morgan fingerprint density at radius 2 is 2.04 bits per heavy atom. The molecule has 0 aliphatic heterocycles. The summed E-state index contributed by atoms with van der Waals surface area (Å²) in [6.07, 6.45) is 2.94. The molecule has 3 nitrogen and oxygen atoms in total. The van der Waals surface area contributed by atoms with Crippen molar-refractivity contribution in [3.8, 4) is 0 Å². The molecule has 0 aromatic heterocycles. The van der Waals surface area contributed by atoms with Crippen LogP contribution in [0, 0.1) is 16.7 Å². The molecule has 122 valence electrons. The van der Waals surface area contributed by atoms with Crippen LogP contribution in [-0.2, 0) is 4.79 Å². The summed E-state index contributed by atoms with van der Waals surface area (Å²) in [5.74, 6) is 0.249. The Bertz CT molecular complexity index is 711. The monoisotopic (exact) mass is 312 g/mol. The van der Waals surface area contributed by atoms with Gasteiger partial charge in [-0.2, -0.15) is 0 Å². The van der Waals surface area contributed by atoms with Gasteiger partial charge in [-0.1, -0.05) is 39.0 Å². The number of rotatable bonds is 3. The van der Waals surface area contributed by atoms with Gasteiger partial charge >= 0.3 is 0 Å². The fourth-order valence-corrected chi connectivity index (χ4v) is 4.30. The van der Waals surface area contributed by atoms with E-state index in [1.807, 2.05) is 12.1 Å². The van der Waals surface area contributed by atoms with Crippen molar-refractivity contribution in [1.29, 1.82) is 0 Å². The van der Waals surface area contributed by atoms with Gasteiger partial charge in [0, 0.05) is 11.0 Å². The second-order valence-corrected chi connectivity index (χ2v) is 7.74. The first kappa shape index (κ1) is 16.1. The maximum absolute atomic E-state index is 12.9. The predicted octanol–water partition coefficient (Wildman–Crippen LogP) is 3.66. The van der Waals surface area contributed by atoms with Gasteiger partial charge in [-0.25, -0.2) is 0 Å². The minimum Gasteiger partial charge on any atom is -0.385 e. The summed E-state index contributed by atoms with van der Waals surface area (Å²) in [4.78, 5) is 24.8. The molecular weight excluding hydrogens is 288 g/mol. The van der Waals surface area contributed by atoms with E-state index in [0.29, 0.717) is 5.56 Å². The van der Waals surface area contributed by atoms with E-state index in [2.05, 4.69) is 20.8 Å². The SMILES string of the molecule is CC(O)C(=O)c1cccc(C=C2C(=O)C3(C)CCC2C3(C)C)c1. The molecule has 23 heavy (non-hydrogen) atoms. The minimum absolute atomic E-state index is 0.0110. The van der Waals surface area contributed by atoms with Gasteiger partial charge in [0.1, 0.15) is 6.10 Å². The molecule has 2 aliphatic rings. The highest BCUT2D eigenvalue weighted by molar-refractivity contribution is 6.08. The van der Waals surface area contributed by atoms with E-state index < -0.39 is 6.10 Å². The lowest BCUT2D eigenvalue weighted by Crippen LogP contribution is -2.32. The third kappa shape index (κ3) is 2.21. The number of fused-ring (bicyclic) bond motifs is 2. The third-order valence-corrected chi connectivity index (χ3v) is 6.24. The van der Waals surface area contributed by atoms with Crippen LogP contribution in [0.3, 0.4) is 0 Å². The summed E-state index contributed by atoms with van der Waals surface area (Å²) in [6, 6.07) is 7.16. The largest absolute Gasteiger partial charge is 0.385 e. The third-order valence-electron chi connectivity index (χ3n) is 6.24. The van der Waals surface area contributed by atoms with Gasteiger partial charge in [0.25, 0.3) is 0 Å². The molecule has 3 rings (SSSR count). The van der Waals surface area contributed by atoms with E-state index in [-0.39, 0.29) is 28.3 Å². The van der Waals surface area contributed by atoms with Crippen molar-refractivity contribution in [3.63, 3.8) is 0 Å². The smallest absolute Gasteiger partial charge is 0.190 e. The van der Waals surface area contributed by atoms with Gasteiger partial charge in [-0.05, 0) is 54.4 Å². The summed E-state index contributed by atoms with van der Waals surface area (Å²) in [7, 11) is 0. The second kappa shape index (κ2) is 5.13. The number of aliphatic hydroxyl groups excluding tert-OH is 1. The topological polar surface area (TPSA) is 54.4 Å². The molecule has 0 radical (unpaired) electrons. The van der Waals surface area contributed by atoms with Gasteiger partial charge in [0.2, 0.25) is 0 Å². The first-order chi connectivity index (χ1) is 10.7. The number of allylic oxidation sites excluding steroid dienone is 1. The summed E-state index contributed by atoms with van der Waals surface area (Å²) in [5.41, 5.74) is 1.95. The van der Waals surface area contributed by atoms with Crippen LogP contribution in [0.15, 0.2) is 29.8 Å². The summed E-state index contributed by atoms with van der Waals surface area (Å²) in [6.45, 7) is 7.94. The maximum atomic E-state index is 12.9. The number of aliphatic hydroxyl groups is 1. The van der Waals surface area contributed by atoms with Gasteiger partial charge in [-0.3, -0.25) is 9.59 Å². The van der Waals surface area contributed by atoms with Crippen LogP contribution in [0.2, 0.25) is 0 Å². The lowest BCUT2D eigenvalue weighted by Gasteiger charge is -2.31. The molecule has 2 fully saturated rings. The number of hydrogen-bond acceptors (Lipinski definition) is 3. The molecule has 3 unspecified atom stereocenters. The Kier molecular flexibility index (Phi) is 3.60. The van der Waals surface area contributed by atoms with Crippen molar-refractivity contribution in [2.45, 2.75) is 46.6 Å². The van der Waals surface area contributed by atoms with Gasteiger partial charge in [-0.15, -0.1) is 0 Å². The molecule has 2 saturated carbocycles. The molecule has 2 aliphatic carbocycles. The molecule has 0 saturated heterocycles. The molecular formula is C20H24O3. The molecule has 3 atom stereocenters. The highest BCUT2D eigenvalue weighted by Crippen LogP contribution is 2.65. The van der Waals surface area contributed by atoms with Crippen molar-refractivity contribution in [2.75, 3.05) is 0 Å². The minimum atomic E-state index is -1.01. The highest BCUT2D eigenvalue weighted by Gasteiger charge is 2.63. The molecule has 2 bridgehead atoms. The lowest BCUT2D eigenvalue weighted by atomic mass is 9.70. The van der Waals surface area contributed by atoms with E-state index in [4.69, 9.17) is 0 Å². The van der Waals surface area contributed by atoms with E-state index in [9.17, 15) is 14.7 Å². The van der Waals surface area contributed by atoms with Crippen LogP contribution in [0.25, 0.3) is 6.08 Å². The predicted molar refractivity (Wildman–Crippen MR) is 90.0 cm³/mol. The zero-order valence-corrected chi connectivity index (χ0v) is 14.2.